The zero-order valence-corrected chi connectivity index (χ0v) is 15.3. The Balaban J connectivity index is 1.47. The number of hydrogen-bond acceptors (Lipinski definition) is 6. The second-order valence-corrected chi connectivity index (χ2v) is 7.64. The van der Waals surface area contributed by atoms with Crippen LogP contribution in [0.2, 0.25) is 10.0 Å². The van der Waals surface area contributed by atoms with Crippen LogP contribution in [0.25, 0.3) is 11.0 Å². The van der Waals surface area contributed by atoms with Gasteiger partial charge in [0.2, 0.25) is 0 Å². The largest absolute Gasteiger partial charge is 0.353 e. The summed E-state index contributed by atoms with van der Waals surface area (Å²) in [4.78, 5) is 15.8. The molecule has 0 aliphatic carbocycles. The van der Waals surface area contributed by atoms with E-state index in [1.54, 1.807) is 12.1 Å². The smallest absolute Gasteiger partial charge is 0.160 e. The molecule has 3 aromatic rings. The lowest BCUT2D eigenvalue weighted by atomic mass is 9.80. The van der Waals surface area contributed by atoms with E-state index in [1.807, 2.05) is 18.2 Å². The van der Waals surface area contributed by atoms with Gasteiger partial charge in [0.15, 0.2) is 5.82 Å². The number of anilines is 3. The molecule has 0 saturated carbocycles. The van der Waals surface area contributed by atoms with E-state index < -0.39 is 0 Å². The average Bonchev–Trinajstić information content (AvgIpc) is 2.56. The zero-order chi connectivity index (χ0) is 17.7. The third-order valence-corrected chi connectivity index (χ3v) is 5.80. The Hall–Kier alpha value is -2.15. The number of rotatable bonds is 3. The van der Waals surface area contributed by atoms with E-state index >= 15 is 0 Å². The highest BCUT2D eigenvalue weighted by Gasteiger charge is 2.47. The lowest BCUT2D eigenvalue weighted by molar-refractivity contribution is 0.159. The summed E-state index contributed by atoms with van der Waals surface area (Å²) >= 11 is 12.1. The van der Waals surface area contributed by atoms with Crippen molar-refractivity contribution < 1.29 is 0 Å². The van der Waals surface area contributed by atoms with E-state index in [1.165, 1.54) is 12.7 Å². The highest BCUT2D eigenvalue weighted by Crippen LogP contribution is 2.34. The molecule has 0 radical (unpaired) electrons. The summed E-state index contributed by atoms with van der Waals surface area (Å²) in [5.41, 5.74) is 2.64. The van der Waals surface area contributed by atoms with Crippen molar-refractivity contribution in [1.29, 1.82) is 0 Å². The monoisotopic (exact) mass is 386 g/mol. The molecule has 2 saturated heterocycles. The first-order valence-corrected chi connectivity index (χ1v) is 9.21. The highest BCUT2D eigenvalue weighted by atomic mass is 35.5. The molecule has 1 spiro atoms. The van der Waals surface area contributed by atoms with E-state index in [9.17, 15) is 0 Å². The minimum atomic E-state index is 0.310. The number of nitrogens with one attached hydrogen (secondary N) is 2. The van der Waals surface area contributed by atoms with Crippen LogP contribution in [0.3, 0.4) is 0 Å². The van der Waals surface area contributed by atoms with Gasteiger partial charge in [0, 0.05) is 18.8 Å². The van der Waals surface area contributed by atoms with E-state index in [2.05, 4.69) is 25.5 Å². The maximum Gasteiger partial charge on any atom is 0.160 e. The first kappa shape index (κ1) is 16.1. The second-order valence-electron chi connectivity index (χ2n) is 6.83. The van der Waals surface area contributed by atoms with Crippen LogP contribution in [0.1, 0.15) is 6.42 Å². The van der Waals surface area contributed by atoms with Gasteiger partial charge in [-0.15, -0.1) is 0 Å². The Labute approximate surface area is 160 Å². The molecule has 0 atom stereocenters. The number of aromatic nitrogens is 3. The molecule has 2 aromatic heterocycles. The molecule has 4 heterocycles. The van der Waals surface area contributed by atoms with Crippen molar-refractivity contribution in [2.45, 2.75) is 12.0 Å². The standard InChI is InChI=1S/C18H16Cl2N6/c19-12-2-1-11(7-13(12)20)24-17-16-14(21-10-22-17)3-4-15(25-16)26-8-18(9-26)5-6-23-18/h1-4,7,10,23H,5-6,8-9H2,(H,21,22,24). The molecule has 26 heavy (non-hydrogen) atoms. The summed E-state index contributed by atoms with van der Waals surface area (Å²) in [5.74, 6) is 1.59. The predicted octanol–water partition coefficient (Wildman–Crippen LogP) is 3.63. The fourth-order valence-electron chi connectivity index (χ4n) is 3.50. The first-order valence-electron chi connectivity index (χ1n) is 8.46. The van der Waals surface area contributed by atoms with E-state index in [0.717, 1.165) is 42.2 Å². The van der Waals surface area contributed by atoms with Gasteiger partial charge in [-0.2, -0.15) is 0 Å². The Morgan fingerprint density at radius 3 is 2.65 bits per heavy atom. The van der Waals surface area contributed by atoms with Gasteiger partial charge in [-0.05, 0) is 43.3 Å². The van der Waals surface area contributed by atoms with Crippen LogP contribution in [-0.2, 0) is 0 Å². The van der Waals surface area contributed by atoms with Crippen LogP contribution in [0, 0.1) is 0 Å². The molecule has 1 aromatic carbocycles. The molecule has 2 aliphatic heterocycles. The van der Waals surface area contributed by atoms with E-state index in [0.29, 0.717) is 21.4 Å². The van der Waals surface area contributed by atoms with Crippen molar-refractivity contribution in [2.24, 2.45) is 0 Å². The topological polar surface area (TPSA) is 66.0 Å². The van der Waals surface area contributed by atoms with Gasteiger partial charge in [-0.25, -0.2) is 15.0 Å². The van der Waals surface area contributed by atoms with Gasteiger partial charge < -0.3 is 15.5 Å². The summed E-state index contributed by atoms with van der Waals surface area (Å²) < 4.78 is 0. The van der Waals surface area contributed by atoms with Gasteiger partial charge in [0.1, 0.15) is 17.7 Å². The van der Waals surface area contributed by atoms with Gasteiger partial charge in [-0.1, -0.05) is 23.2 Å². The maximum absolute atomic E-state index is 6.10. The number of hydrogen-bond donors (Lipinski definition) is 2. The Kier molecular flexibility index (Phi) is 3.67. The molecule has 2 aliphatic rings. The Morgan fingerprint density at radius 1 is 1.08 bits per heavy atom. The molecule has 8 heteroatoms. The van der Waals surface area contributed by atoms with Crippen molar-refractivity contribution >= 4 is 51.6 Å². The van der Waals surface area contributed by atoms with Crippen molar-refractivity contribution in [1.82, 2.24) is 20.3 Å². The van der Waals surface area contributed by atoms with Gasteiger partial charge in [0.05, 0.1) is 21.1 Å². The summed E-state index contributed by atoms with van der Waals surface area (Å²) in [7, 11) is 0. The first-order chi connectivity index (χ1) is 12.6. The number of nitrogens with zero attached hydrogens (tertiary/aromatic N) is 4. The third kappa shape index (κ3) is 2.65. The predicted molar refractivity (Wildman–Crippen MR) is 105 cm³/mol. The molecule has 0 unspecified atom stereocenters. The summed E-state index contributed by atoms with van der Waals surface area (Å²) in [5, 5.41) is 7.79. The summed E-state index contributed by atoms with van der Waals surface area (Å²) in [6.45, 7) is 3.11. The normalized spacial score (nSPS) is 17.8. The van der Waals surface area contributed by atoms with Gasteiger partial charge in [-0.3, -0.25) is 0 Å². The van der Waals surface area contributed by atoms with Crippen molar-refractivity contribution in [2.75, 3.05) is 29.9 Å². The van der Waals surface area contributed by atoms with E-state index in [-0.39, 0.29) is 0 Å². The number of benzene rings is 1. The van der Waals surface area contributed by atoms with Crippen LogP contribution in [0.4, 0.5) is 17.3 Å². The molecule has 2 N–H and O–H groups in total. The Bertz CT molecular complexity index is 996. The molecule has 0 amide bonds. The minimum Gasteiger partial charge on any atom is -0.353 e. The van der Waals surface area contributed by atoms with Gasteiger partial charge in [0.25, 0.3) is 0 Å². The molecule has 5 rings (SSSR count). The fraction of sp³-hybridized carbons (Fsp3) is 0.278. The lowest BCUT2D eigenvalue weighted by Gasteiger charge is -2.56. The molecule has 2 fully saturated rings. The van der Waals surface area contributed by atoms with Crippen LogP contribution >= 0.6 is 23.2 Å². The maximum atomic E-state index is 6.10. The van der Waals surface area contributed by atoms with Crippen molar-refractivity contribution in [3.05, 3.63) is 46.7 Å². The van der Waals surface area contributed by atoms with Crippen LogP contribution < -0.4 is 15.5 Å². The molecule has 6 nitrogen and oxygen atoms in total. The summed E-state index contributed by atoms with van der Waals surface area (Å²) in [6.07, 6.45) is 2.77. The average molecular weight is 387 g/mol. The van der Waals surface area contributed by atoms with Crippen LogP contribution in [-0.4, -0.2) is 40.1 Å². The molecule has 132 valence electrons. The minimum absolute atomic E-state index is 0.310. The zero-order valence-electron chi connectivity index (χ0n) is 13.8. The number of halogens is 2. The van der Waals surface area contributed by atoms with Crippen LogP contribution in [0.5, 0.6) is 0 Å². The molecular weight excluding hydrogens is 371 g/mol. The quantitative estimate of drug-likeness (QED) is 0.716. The van der Waals surface area contributed by atoms with E-state index in [4.69, 9.17) is 28.2 Å². The lowest BCUT2D eigenvalue weighted by Crippen LogP contribution is -2.76. The van der Waals surface area contributed by atoms with Crippen molar-refractivity contribution in [3.63, 3.8) is 0 Å². The van der Waals surface area contributed by atoms with Crippen molar-refractivity contribution in [3.8, 4) is 0 Å². The molecular formula is C18H16Cl2N6. The fourth-order valence-corrected chi connectivity index (χ4v) is 3.80. The van der Waals surface area contributed by atoms with Crippen LogP contribution in [0.15, 0.2) is 36.7 Å². The number of fused-ring (bicyclic) bond motifs is 1. The highest BCUT2D eigenvalue weighted by molar-refractivity contribution is 6.42. The molecule has 0 bridgehead atoms. The SMILES string of the molecule is Clc1ccc(Nc2ncnc3ccc(N4CC5(CCN5)C4)nc23)cc1Cl. The van der Waals surface area contributed by atoms with Gasteiger partial charge >= 0.3 is 0 Å². The third-order valence-electron chi connectivity index (χ3n) is 5.06. The number of pyridine rings is 1. The Morgan fingerprint density at radius 2 is 1.92 bits per heavy atom. The summed E-state index contributed by atoms with van der Waals surface area (Å²) in [6, 6.07) is 9.37. The second kappa shape index (κ2) is 5.94.